The highest BCUT2D eigenvalue weighted by Crippen LogP contribution is 2.09. The topological polar surface area (TPSA) is 81.4 Å². The number of aromatic nitrogens is 1. The van der Waals surface area contributed by atoms with Crippen molar-refractivity contribution in [1.29, 1.82) is 0 Å². The summed E-state index contributed by atoms with van der Waals surface area (Å²) in [6.07, 6.45) is 2.86. The lowest BCUT2D eigenvalue weighted by atomic mass is 10.5. The van der Waals surface area contributed by atoms with Gasteiger partial charge in [0.15, 0.2) is 5.69 Å². The summed E-state index contributed by atoms with van der Waals surface area (Å²) in [6, 6.07) is 0.227. The van der Waals surface area contributed by atoms with Crippen molar-refractivity contribution < 1.29 is 18.2 Å². The van der Waals surface area contributed by atoms with Gasteiger partial charge in [0.2, 0.25) is 0 Å². The molecule has 0 saturated heterocycles. The zero-order chi connectivity index (χ0) is 12.8. The first-order chi connectivity index (χ1) is 8.04. The van der Waals surface area contributed by atoms with Crippen molar-refractivity contribution in [2.24, 2.45) is 0 Å². The Bertz CT molecular complexity index is 405. The van der Waals surface area contributed by atoms with E-state index in [1.165, 1.54) is 6.26 Å². The highest BCUT2D eigenvalue weighted by atomic mass is 32.2. The lowest BCUT2D eigenvalue weighted by Gasteiger charge is -2.07. The van der Waals surface area contributed by atoms with E-state index in [0.717, 1.165) is 0 Å². The number of carbonyl (C=O) groups is 1. The van der Waals surface area contributed by atoms with E-state index in [9.17, 15) is 9.00 Å². The number of carbonyl (C=O) groups excluding carboxylic acids is 1. The van der Waals surface area contributed by atoms with E-state index in [1.807, 2.05) is 6.92 Å². The number of hydrogen-bond acceptors (Lipinski definition) is 6. The molecule has 0 saturated carbocycles. The van der Waals surface area contributed by atoms with Gasteiger partial charge in [-0.25, -0.2) is 4.79 Å². The molecule has 7 heteroatoms. The molecule has 0 aliphatic rings. The molecule has 1 rings (SSSR count). The van der Waals surface area contributed by atoms with E-state index < -0.39 is 16.8 Å². The maximum Gasteiger partial charge on any atom is 0.360 e. The summed E-state index contributed by atoms with van der Waals surface area (Å²) < 4.78 is 20.9. The molecule has 0 aliphatic heterocycles. The van der Waals surface area contributed by atoms with Crippen LogP contribution in [0.1, 0.15) is 24.3 Å². The van der Waals surface area contributed by atoms with Gasteiger partial charge in [-0.05, 0) is 13.8 Å². The van der Waals surface area contributed by atoms with Gasteiger partial charge < -0.3 is 14.5 Å². The standard InChI is InChI=1S/C10H16N2O4S/c1-4-15-9(13)8-6-16-10(12-8)11-5-7(2)17(3)14/h6-7H,4-5H2,1-3H3,(H,11,12). The normalized spacial score (nSPS) is 14.1. The van der Waals surface area contributed by atoms with E-state index in [1.54, 1.807) is 13.2 Å². The summed E-state index contributed by atoms with van der Waals surface area (Å²) in [4.78, 5) is 15.2. The van der Waals surface area contributed by atoms with Crippen molar-refractivity contribution in [3.63, 3.8) is 0 Å². The van der Waals surface area contributed by atoms with E-state index in [-0.39, 0.29) is 17.0 Å². The molecule has 0 bridgehead atoms. The minimum absolute atomic E-state index is 0.0204. The Morgan fingerprint density at radius 1 is 1.71 bits per heavy atom. The van der Waals surface area contributed by atoms with Crippen molar-refractivity contribution in [1.82, 2.24) is 4.98 Å². The first-order valence-electron chi connectivity index (χ1n) is 5.23. The number of nitrogens with one attached hydrogen (secondary N) is 1. The smallest absolute Gasteiger partial charge is 0.360 e. The zero-order valence-electron chi connectivity index (χ0n) is 10.1. The molecular formula is C10H16N2O4S. The third kappa shape index (κ3) is 4.18. The Morgan fingerprint density at radius 3 is 3.00 bits per heavy atom. The second kappa shape index (κ2) is 6.39. The molecule has 2 atom stereocenters. The molecule has 0 fully saturated rings. The van der Waals surface area contributed by atoms with Gasteiger partial charge in [-0.15, -0.1) is 0 Å². The van der Waals surface area contributed by atoms with Crippen molar-refractivity contribution >= 4 is 22.8 Å². The van der Waals surface area contributed by atoms with Gasteiger partial charge in [-0.3, -0.25) is 4.21 Å². The molecule has 2 unspecified atom stereocenters. The molecule has 1 N–H and O–H groups in total. The molecule has 0 aromatic carbocycles. The van der Waals surface area contributed by atoms with Crippen LogP contribution in [0.25, 0.3) is 0 Å². The average Bonchev–Trinajstić information content (AvgIpc) is 2.74. The molecule has 1 heterocycles. The highest BCUT2D eigenvalue weighted by Gasteiger charge is 2.14. The Balaban J connectivity index is 2.51. The summed E-state index contributed by atoms with van der Waals surface area (Å²) >= 11 is 0. The second-order valence-corrected chi connectivity index (χ2v) is 5.25. The molecule has 0 spiro atoms. The molecule has 0 radical (unpaired) electrons. The predicted molar refractivity (Wildman–Crippen MR) is 64.5 cm³/mol. The number of nitrogens with zero attached hydrogens (tertiary/aromatic N) is 1. The fourth-order valence-corrected chi connectivity index (χ4v) is 1.32. The number of anilines is 1. The van der Waals surface area contributed by atoms with Crippen LogP contribution in [0.4, 0.5) is 6.01 Å². The quantitative estimate of drug-likeness (QED) is 0.769. The summed E-state index contributed by atoms with van der Waals surface area (Å²) in [6.45, 7) is 4.32. The lowest BCUT2D eigenvalue weighted by molar-refractivity contribution is 0.0519. The number of oxazole rings is 1. The molecule has 17 heavy (non-hydrogen) atoms. The number of esters is 1. The Kier molecular flexibility index (Phi) is 5.14. The van der Waals surface area contributed by atoms with Gasteiger partial charge in [0.25, 0.3) is 6.01 Å². The van der Waals surface area contributed by atoms with Crippen molar-refractivity contribution in [3.05, 3.63) is 12.0 Å². The predicted octanol–water partition coefficient (Wildman–Crippen LogP) is 1.03. The van der Waals surface area contributed by atoms with Gasteiger partial charge in [0, 0.05) is 28.9 Å². The summed E-state index contributed by atoms with van der Waals surface area (Å²) in [5.74, 6) is -0.517. The zero-order valence-corrected chi connectivity index (χ0v) is 10.9. The fourth-order valence-electron chi connectivity index (χ4n) is 1.00. The Morgan fingerprint density at radius 2 is 2.41 bits per heavy atom. The molecule has 0 amide bonds. The number of ether oxygens (including phenoxy) is 1. The van der Waals surface area contributed by atoms with Gasteiger partial charge in [0.1, 0.15) is 6.26 Å². The first kappa shape index (κ1) is 13.7. The van der Waals surface area contributed by atoms with Crippen molar-refractivity contribution in [3.8, 4) is 0 Å². The molecule has 0 aliphatic carbocycles. The molecular weight excluding hydrogens is 244 g/mol. The molecule has 1 aromatic heterocycles. The SMILES string of the molecule is CCOC(=O)c1coc(NCC(C)S(C)=O)n1. The van der Waals surface area contributed by atoms with Crippen LogP contribution < -0.4 is 5.32 Å². The molecule has 96 valence electrons. The maximum atomic E-state index is 11.3. The van der Waals surface area contributed by atoms with Gasteiger partial charge in [-0.2, -0.15) is 4.98 Å². The first-order valence-corrected chi connectivity index (χ1v) is 6.85. The summed E-state index contributed by atoms with van der Waals surface area (Å²) in [5.41, 5.74) is 0.125. The highest BCUT2D eigenvalue weighted by molar-refractivity contribution is 7.84. The molecule has 6 nitrogen and oxygen atoms in total. The van der Waals surface area contributed by atoms with Gasteiger partial charge in [0.05, 0.1) is 6.61 Å². The Hall–Kier alpha value is -1.37. The number of rotatable bonds is 6. The van der Waals surface area contributed by atoms with E-state index in [4.69, 9.17) is 9.15 Å². The van der Waals surface area contributed by atoms with Crippen LogP contribution in [0, 0.1) is 0 Å². The van der Waals surface area contributed by atoms with Crippen molar-refractivity contribution in [2.75, 3.05) is 24.7 Å². The summed E-state index contributed by atoms with van der Waals surface area (Å²) in [7, 11) is -0.913. The third-order valence-electron chi connectivity index (χ3n) is 2.10. The maximum absolute atomic E-state index is 11.3. The molecule has 1 aromatic rings. The van der Waals surface area contributed by atoms with E-state index in [2.05, 4.69) is 10.3 Å². The average molecular weight is 260 g/mol. The fraction of sp³-hybridized carbons (Fsp3) is 0.600. The summed E-state index contributed by atoms with van der Waals surface area (Å²) in [5, 5.41) is 2.84. The van der Waals surface area contributed by atoms with Gasteiger partial charge >= 0.3 is 5.97 Å². The second-order valence-electron chi connectivity index (χ2n) is 3.45. The van der Waals surface area contributed by atoms with Gasteiger partial charge in [-0.1, -0.05) is 0 Å². The lowest BCUT2D eigenvalue weighted by Crippen LogP contribution is -2.20. The number of hydrogen-bond donors (Lipinski definition) is 1. The van der Waals surface area contributed by atoms with Crippen LogP contribution in [-0.4, -0.2) is 39.8 Å². The van der Waals surface area contributed by atoms with Crippen LogP contribution in [0.5, 0.6) is 0 Å². The minimum Gasteiger partial charge on any atom is -0.461 e. The van der Waals surface area contributed by atoms with E-state index in [0.29, 0.717) is 13.2 Å². The third-order valence-corrected chi connectivity index (χ3v) is 3.40. The largest absolute Gasteiger partial charge is 0.461 e. The van der Waals surface area contributed by atoms with Crippen LogP contribution in [0.15, 0.2) is 10.7 Å². The minimum atomic E-state index is -0.913. The van der Waals surface area contributed by atoms with Crippen molar-refractivity contribution in [2.45, 2.75) is 19.1 Å². The van der Waals surface area contributed by atoms with Crippen LogP contribution in [-0.2, 0) is 15.5 Å². The van der Waals surface area contributed by atoms with Crippen LogP contribution in [0.2, 0.25) is 0 Å². The van der Waals surface area contributed by atoms with E-state index >= 15 is 0 Å². The monoisotopic (exact) mass is 260 g/mol. The van der Waals surface area contributed by atoms with Crippen LogP contribution >= 0.6 is 0 Å². The Labute approximate surface area is 102 Å². The van der Waals surface area contributed by atoms with Crippen LogP contribution in [0.3, 0.4) is 0 Å².